The highest BCUT2D eigenvalue weighted by molar-refractivity contribution is 5.37. The van der Waals surface area contributed by atoms with Crippen molar-refractivity contribution in [3.63, 3.8) is 0 Å². The molecule has 0 bridgehead atoms. The standard InChI is InChI=1S/C18H30N2/c1-5-20-8-6-17(7-9-20)12-19-13-18-15(3)10-14(2)11-16(18)4/h10-11,17,19H,5-9,12-13H2,1-4H3. The molecule has 0 aromatic heterocycles. The van der Waals surface area contributed by atoms with Crippen molar-refractivity contribution in [2.45, 2.75) is 47.1 Å². The van der Waals surface area contributed by atoms with Gasteiger partial charge in [0, 0.05) is 6.54 Å². The van der Waals surface area contributed by atoms with Gasteiger partial charge in [0.05, 0.1) is 0 Å². The minimum atomic E-state index is 0.865. The van der Waals surface area contributed by atoms with Crippen molar-refractivity contribution >= 4 is 0 Å². The molecule has 112 valence electrons. The predicted molar refractivity (Wildman–Crippen MR) is 87.2 cm³/mol. The summed E-state index contributed by atoms with van der Waals surface area (Å²) in [7, 11) is 0. The quantitative estimate of drug-likeness (QED) is 0.885. The van der Waals surface area contributed by atoms with Crippen LogP contribution in [0.15, 0.2) is 12.1 Å². The highest BCUT2D eigenvalue weighted by Crippen LogP contribution is 2.18. The molecule has 1 N–H and O–H groups in total. The second kappa shape index (κ2) is 7.24. The molecule has 0 aliphatic carbocycles. The second-order valence-corrected chi connectivity index (χ2v) is 6.39. The van der Waals surface area contributed by atoms with Crippen molar-refractivity contribution in [3.8, 4) is 0 Å². The van der Waals surface area contributed by atoms with Gasteiger partial charge in [0.25, 0.3) is 0 Å². The van der Waals surface area contributed by atoms with E-state index < -0.39 is 0 Å². The Balaban J connectivity index is 1.79. The van der Waals surface area contributed by atoms with Gasteiger partial charge in [-0.25, -0.2) is 0 Å². The molecule has 20 heavy (non-hydrogen) atoms. The summed E-state index contributed by atoms with van der Waals surface area (Å²) in [5.41, 5.74) is 5.71. The van der Waals surface area contributed by atoms with E-state index in [1.807, 2.05) is 0 Å². The Labute approximate surface area is 124 Å². The van der Waals surface area contributed by atoms with E-state index in [2.05, 4.69) is 50.0 Å². The van der Waals surface area contributed by atoms with Gasteiger partial charge >= 0.3 is 0 Å². The van der Waals surface area contributed by atoms with Crippen LogP contribution in [0, 0.1) is 26.7 Å². The Morgan fingerprint density at radius 3 is 2.25 bits per heavy atom. The number of likely N-dealkylation sites (tertiary alicyclic amines) is 1. The number of nitrogens with zero attached hydrogens (tertiary/aromatic N) is 1. The van der Waals surface area contributed by atoms with Gasteiger partial charge in [0.15, 0.2) is 0 Å². The molecule has 1 aromatic rings. The molecule has 1 heterocycles. The maximum Gasteiger partial charge on any atom is 0.0210 e. The van der Waals surface area contributed by atoms with Crippen molar-refractivity contribution in [2.24, 2.45) is 5.92 Å². The molecule has 1 saturated heterocycles. The molecule has 0 unspecified atom stereocenters. The fourth-order valence-electron chi connectivity index (χ4n) is 3.40. The molecule has 2 rings (SSSR count). The van der Waals surface area contributed by atoms with Crippen LogP contribution in [-0.4, -0.2) is 31.1 Å². The monoisotopic (exact) mass is 274 g/mol. The van der Waals surface area contributed by atoms with Crippen LogP contribution in [0.1, 0.15) is 42.0 Å². The van der Waals surface area contributed by atoms with E-state index in [0.29, 0.717) is 0 Å². The lowest BCUT2D eigenvalue weighted by atomic mass is 9.96. The first kappa shape index (κ1) is 15.5. The van der Waals surface area contributed by atoms with Crippen molar-refractivity contribution < 1.29 is 0 Å². The lowest BCUT2D eigenvalue weighted by Crippen LogP contribution is -2.37. The number of rotatable bonds is 5. The van der Waals surface area contributed by atoms with Crippen molar-refractivity contribution in [1.29, 1.82) is 0 Å². The zero-order valence-corrected chi connectivity index (χ0v) is 13.6. The van der Waals surface area contributed by atoms with Gasteiger partial charge in [0.1, 0.15) is 0 Å². The zero-order chi connectivity index (χ0) is 14.5. The molecule has 0 atom stereocenters. The fourth-order valence-corrected chi connectivity index (χ4v) is 3.40. The first-order chi connectivity index (χ1) is 9.60. The Morgan fingerprint density at radius 2 is 1.70 bits per heavy atom. The number of piperidine rings is 1. The normalized spacial score (nSPS) is 17.6. The van der Waals surface area contributed by atoms with Gasteiger partial charge in [-0.2, -0.15) is 0 Å². The van der Waals surface area contributed by atoms with Crippen LogP contribution in [0.2, 0.25) is 0 Å². The van der Waals surface area contributed by atoms with E-state index in [1.165, 1.54) is 61.3 Å². The van der Waals surface area contributed by atoms with E-state index >= 15 is 0 Å². The largest absolute Gasteiger partial charge is 0.312 e. The molecule has 1 aliphatic rings. The average Bonchev–Trinajstić information content (AvgIpc) is 2.42. The minimum absolute atomic E-state index is 0.865. The molecular formula is C18H30N2. The molecular weight excluding hydrogens is 244 g/mol. The maximum absolute atomic E-state index is 3.69. The number of hydrogen-bond acceptors (Lipinski definition) is 2. The summed E-state index contributed by atoms with van der Waals surface area (Å²) in [4.78, 5) is 2.56. The van der Waals surface area contributed by atoms with Gasteiger partial charge in [-0.1, -0.05) is 24.6 Å². The van der Waals surface area contributed by atoms with E-state index in [0.717, 1.165) is 12.5 Å². The first-order valence-electron chi connectivity index (χ1n) is 8.10. The lowest BCUT2D eigenvalue weighted by molar-refractivity contribution is 0.190. The molecule has 0 saturated carbocycles. The smallest absolute Gasteiger partial charge is 0.0210 e. The average molecular weight is 274 g/mol. The van der Waals surface area contributed by atoms with Crippen molar-refractivity contribution in [3.05, 3.63) is 34.4 Å². The molecule has 2 heteroatoms. The SMILES string of the molecule is CCN1CCC(CNCc2c(C)cc(C)cc2C)CC1. The summed E-state index contributed by atoms with van der Waals surface area (Å²) in [6.07, 6.45) is 2.71. The van der Waals surface area contributed by atoms with Gasteiger partial charge in [-0.3, -0.25) is 0 Å². The van der Waals surface area contributed by atoms with Crippen LogP contribution in [0.25, 0.3) is 0 Å². The number of nitrogens with one attached hydrogen (secondary N) is 1. The van der Waals surface area contributed by atoms with E-state index in [4.69, 9.17) is 0 Å². The Kier molecular flexibility index (Phi) is 5.62. The predicted octanol–water partition coefficient (Wildman–Crippen LogP) is 3.43. The third-order valence-electron chi connectivity index (χ3n) is 4.73. The number of benzene rings is 1. The molecule has 1 aromatic carbocycles. The van der Waals surface area contributed by atoms with E-state index in [9.17, 15) is 0 Å². The van der Waals surface area contributed by atoms with E-state index in [1.54, 1.807) is 0 Å². The fraction of sp³-hybridized carbons (Fsp3) is 0.667. The van der Waals surface area contributed by atoms with Crippen LogP contribution < -0.4 is 5.32 Å². The Morgan fingerprint density at radius 1 is 1.10 bits per heavy atom. The molecule has 0 amide bonds. The van der Waals surface area contributed by atoms with Gasteiger partial charge in [0.2, 0.25) is 0 Å². The summed E-state index contributed by atoms with van der Waals surface area (Å²) in [5, 5.41) is 3.69. The minimum Gasteiger partial charge on any atom is -0.312 e. The van der Waals surface area contributed by atoms with Crippen molar-refractivity contribution in [2.75, 3.05) is 26.2 Å². The molecule has 0 radical (unpaired) electrons. The number of hydrogen-bond donors (Lipinski definition) is 1. The highest BCUT2D eigenvalue weighted by atomic mass is 15.1. The number of aryl methyl sites for hydroxylation is 3. The van der Waals surface area contributed by atoms with E-state index in [-0.39, 0.29) is 0 Å². The molecule has 2 nitrogen and oxygen atoms in total. The molecule has 0 spiro atoms. The van der Waals surface area contributed by atoms with Crippen LogP contribution >= 0.6 is 0 Å². The first-order valence-corrected chi connectivity index (χ1v) is 8.10. The third-order valence-corrected chi connectivity index (χ3v) is 4.73. The summed E-state index contributed by atoms with van der Waals surface area (Å²) in [6.45, 7) is 14.9. The lowest BCUT2D eigenvalue weighted by Gasteiger charge is -2.31. The summed E-state index contributed by atoms with van der Waals surface area (Å²) in [6, 6.07) is 4.59. The summed E-state index contributed by atoms with van der Waals surface area (Å²) >= 11 is 0. The van der Waals surface area contributed by atoms with Crippen LogP contribution in [0.5, 0.6) is 0 Å². The molecule has 1 fully saturated rings. The Hall–Kier alpha value is -0.860. The van der Waals surface area contributed by atoms with Crippen LogP contribution in [0.4, 0.5) is 0 Å². The third kappa shape index (κ3) is 4.07. The second-order valence-electron chi connectivity index (χ2n) is 6.39. The maximum atomic E-state index is 3.69. The molecule has 1 aliphatic heterocycles. The topological polar surface area (TPSA) is 15.3 Å². The summed E-state index contributed by atoms with van der Waals surface area (Å²) in [5.74, 6) is 0.865. The van der Waals surface area contributed by atoms with Gasteiger partial charge in [-0.05, 0) is 82.4 Å². The highest BCUT2D eigenvalue weighted by Gasteiger charge is 2.17. The van der Waals surface area contributed by atoms with Crippen LogP contribution in [-0.2, 0) is 6.54 Å². The van der Waals surface area contributed by atoms with Gasteiger partial charge < -0.3 is 10.2 Å². The summed E-state index contributed by atoms with van der Waals surface area (Å²) < 4.78 is 0. The zero-order valence-electron chi connectivity index (χ0n) is 13.6. The van der Waals surface area contributed by atoms with Gasteiger partial charge in [-0.15, -0.1) is 0 Å². The van der Waals surface area contributed by atoms with Crippen LogP contribution in [0.3, 0.4) is 0 Å². The van der Waals surface area contributed by atoms with Crippen molar-refractivity contribution in [1.82, 2.24) is 10.2 Å². The Bertz CT molecular complexity index is 408.